The molecule has 0 aromatic carbocycles. The maximum absolute atomic E-state index is 6.04. The van der Waals surface area contributed by atoms with Gasteiger partial charge in [0.1, 0.15) is 8.24 Å². The van der Waals surface area contributed by atoms with E-state index in [2.05, 4.69) is 64.9 Å². The van der Waals surface area contributed by atoms with Gasteiger partial charge in [0.25, 0.3) is 0 Å². The highest BCUT2D eigenvalue weighted by Gasteiger charge is 2.48. The third-order valence-corrected chi connectivity index (χ3v) is 15.4. The molecule has 1 aliphatic rings. The topological polar surface area (TPSA) is 24.9 Å². The van der Waals surface area contributed by atoms with Crippen molar-refractivity contribution >= 4 is 17.5 Å². The Bertz CT molecular complexity index is 357. The summed E-state index contributed by atoms with van der Waals surface area (Å²) in [5, 5.41) is 0. The molecule has 0 atom stereocenters. The van der Waals surface area contributed by atoms with E-state index < -0.39 is 17.5 Å². The fourth-order valence-electron chi connectivity index (χ4n) is 5.46. The van der Waals surface area contributed by atoms with Gasteiger partial charge >= 0.3 is 9.28 Å². The first-order chi connectivity index (χ1) is 12.8. The normalized spacial score (nSPS) is 17.8. The lowest BCUT2D eigenvalue weighted by molar-refractivity contribution is 0.167. The average Bonchev–Trinajstić information content (AvgIpc) is 2.61. The van der Waals surface area contributed by atoms with Gasteiger partial charge in [-0.2, -0.15) is 0 Å². The summed E-state index contributed by atoms with van der Waals surface area (Å²) in [5.74, 6) is 0. The van der Waals surface area contributed by atoms with Gasteiger partial charge in [-0.05, 0) is 36.0 Å². The first-order valence-corrected chi connectivity index (χ1v) is 15.4. The molecule has 1 saturated heterocycles. The number of nitrogens with zero attached hydrogens (tertiary/aromatic N) is 2. The van der Waals surface area contributed by atoms with Gasteiger partial charge in [0.2, 0.25) is 0 Å². The van der Waals surface area contributed by atoms with Crippen LogP contribution in [0.25, 0.3) is 0 Å². The third kappa shape index (κ3) is 6.93. The Hall–Kier alpha value is 0.274. The number of hydrogen-bond acceptors (Lipinski definition) is 4. The Morgan fingerprint density at radius 1 is 0.778 bits per heavy atom. The molecule has 0 aliphatic carbocycles. The van der Waals surface area contributed by atoms with Crippen LogP contribution in [0.2, 0.25) is 22.7 Å². The lowest BCUT2D eigenvalue weighted by Crippen LogP contribution is -2.65. The van der Waals surface area contributed by atoms with Crippen LogP contribution >= 0.6 is 0 Å². The van der Waals surface area contributed by atoms with E-state index in [1.807, 2.05) is 0 Å². The smallest absolute Gasteiger partial charge is 0.322 e. The van der Waals surface area contributed by atoms with E-state index in [0.717, 1.165) is 55.3 Å². The molecular formula is C21H48N2O2Si2. The van der Waals surface area contributed by atoms with Crippen LogP contribution < -0.4 is 0 Å². The predicted molar refractivity (Wildman–Crippen MR) is 124 cm³/mol. The van der Waals surface area contributed by atoms with Gasteiger partial charge in [0.15, 0.2) is 0 Å². The first kappa shape index (κ1) is 25.3. The van der Waals surface area contributed by atoms with Crippen molar-refractivity contribution in [2.75, 3.05) is 45.9 Å². The van der Waals surface area contributed by atoms with E-state index in [-0.39, 0.29) is 0 Å². The van der Waals surface area contributed by atoms with Gasteiger partial charge < -0.3 is 18.3 Å². The highest BCUT2D eigenvalue weighted by Crippen LogP contribution is 2.44. The molecule has 1 aliphatic heterocycles. The maximum atomic E-state index is 6.04. The fourth-order valence-corrected chi connectivity index (χ4v) is 14.6. The molecule has 0 radical (unpaired) electrons. The summed E-state index contributed by atoms with van der Waals surface area (Å²) in [6, 6.07) is 1.13. The van der Waals surface area contributed by atoms with E-state index >= 15 is 0 Å². The SMILES string of the molecule is CCCO[SiH](CCN1CCN([Si](C(C)C)(C(C)C)C(C)C)CC1)OCCC. The lowest BCUT2D eigenvalue weighted by Gasteiger charge is -2.53. The molecule has 1 fully saturated rings. The van der Waals surface area contributed by atoms with Crippen molar-refractivity contribution in [3.63, 3.8) is 0 Å². The van der Waals surface area contributed by atoms with Crippen molar-refractivity contribution in [3.8, 4) is 0 Å². The molecule has 27 heavy (non-hydrogen) atoms. The largest absolute Gasteiger partial charge is 0.397 e. The molecule has 1 rings (SSSR count). The number of piperazine rings is 1. The summed E-state index contributed by atoms with van der Waals surface area (Å²) < 4.78 is 15.0. The van der Waals surface area contributed by atoms with Crippen molar-refractivity contribution < 1.29 is 8.85 Å². The van der Waals surface area contributed by atoms with Crippen LogP contribution in [0.15, 0.2) is 0 Å². The summed E-state index contributed by atoms with van der Waals surface area (Å²) in [6.07, 6.45) is 2.17. The van der Waals surface area contributed by atoms with Crippen molar-refractivity contribution in [3.05, 3.63) is 0 Å². The zero-order valence-electron chi connectivity index (χ0n) is 19.6. The van der Waals surface area contributed by atoms with E-state index in [1.165, 1.54) is 26.2 Å². The van der Waals surface area contributed by atoms with E-state index in [4.69, 9.17) is 8.85 Å². The number of rotatable bonds is 13. The Labute approximate surface area is 172 Å². The second kappa shape index (κ2) is 12.8. The van der Waals surface area contributed by atoms with E-state index in [9.17, 15) is 0 Å². The van der Waals surface area contributed by atoms with Crippen LogP contribution in [0.1, 0.15) is 68.2 Å². The predicted octanol–water partition coefficient (Wildman–Crippen LogP) is 4.85. The minimum Gasteiger partial charge on any atom is -0.397 e. The van der Waals surface area contributed by atoms with Crippen LogP contribution in [0, 0.1) is 0 Å². The van der Waals surface area contributed by atoms with Crippen molar-refractivity contribution in [2.45, 2.75) is 90.9 Å². The summed E-state index contributed by atoms with van der Waals surface area (Å²) in [6.45, 7) is 27.0. The van der Waals surface area contributed by atoms with Gasteiger partial charge in [-0.15, -0.1) is 0 Å². The average molecular weight is 417 g/mol. The van der Waals surface area contributed by atoms with Crippen molar-refractivity contribution in [1.82, 2.24) is 9.47 Å². The molecular weight excluding hydrogens is 368 g/mol. The van der Waals surface area contributed by atoms with Crippen LogP contribution in [0.4, 0.5) is 0 Å². The molecule has 0 N–H and O–H groups in total. The second-order valence-electron chi connectivity index (χ2n) is 9.14. The Kier molecular flexibility index (Phi) is 12.0. The highest BCUT2D eigenvalue weighted by molar-refractivity contribution is 6.81. The van der Waals surface area contributed by atoms with Crippen LogP contribution in [-0.2, 0) is 8.85 Å². The van der Waals surface area contributed by atoms with Crippen LogP contribution in [0.5, 0.6) is 0 Å². The molecule has 6 heteroatoms. The highest BCUT2D eigenvalue weighted by atomic mass is 28.3. The maximum Gasteiger partial charge on any atom is 0.322 e. The molecule has 0 saturated carbocycles. The quantitative estimate of drug-likeness (QED) is 0.401. The Balaban J connectivity index is 2.59. The number of hydrogen-bond donors (Lipinski definition) is 0. The van der Waals surface area contributed by atoms with Gasteiger partial charge in [0, 0.05) is 45.4 Å². The van der Waals surface area contributed by atoms with Crippen LogP contribution in [0.3, 0.4) is 0 Å². The molecule has 1 heterocycles. The third-order valence-electron chi connectivity index (χ3n) is 6.39. The monoisotopic (exact) mass is 416 g/mol. The molecule has 4 nitrogen and oxygen atoms in total. The first-order valence-electron chi connectivity index (χ1n) is 11.5. The molecule has 0 spiro atoms. The van der Waals surface area contributed by atoms with Gasteiger partial charge in [-0.25, -0.2) is 0 Å². The summed E-state index contributed by atoms with van der Waals surface area (Å²) >= 11 is 0. The van der Waals surface area contributed by atoms with Gasteiger partial charge in [-0.1, -0.05) is 55.4 Å². The van der Waals surface area contributed by atoms with Crippen molar-refractivity contribution in [2.24, 2.45) is 0 Å². The summed E-state index contributed by atoms with van der Waals surface area (Å²) in [5.41, 5.74) is 2.43. The zero-order chi connectivity index (χ0) is 20.4. The molecule has 0 bridgehead atoms. The minimum atomic E-state index is -1.48. The van der Waals surface area contributed by atoms with E-state index in [0.29, 0.717) is 0 Å². The molecule has 0 unspecified atom stereocenters. The molecule has 0 aromatic heterocycles. The Morgan fingerprint density at radius 2 is 1.22 bits per heavy atom. The minimum absolute atomic E-state index is 0.811. The summed E-state index contributed by atoms with van der Waals surface area (Å²) in [4.78, 5) is 2.65. The Morgan fingerprint density at radius 3 is 1.59 bits per heavy atom. The van der Waals surface area contributed by atoms with Gasteiger partial charge in [0.05, 0.1) is 0 Å². The fraction of sp³-hybridized carbons (Fsp3) is 1.00. The standard InChI is InChI=1S/C21H48N2O2Si2/c1-9-16-24-26(25-17-10-2)18-15-22-11-13-23(14-12-22)27(19(3)4,20(5)6)21(7)8/h19-21,26H,9-18H2,1-8H3. The van der Waals surface area contributed by atoms with E-state index in [1.54, 1.807) is 0 Å². The van der Waals surface area contributed by atoms with Crippen LogP contribution in [-0.4, -0.2) is 72.9 Å². The lowest BCUT2D eigenvalue weighted by atomic mass is 10.4. The summed E-state index contributed by atoms with van der Waals surface area (Å²) in [7, 11) is -2.95. The molecule has 162 valence electrons. The second-order valence-corrected chi connectivity index (χ2v) is 17.1. The van der Waals surface area contributed by atoms with Gasteiger partial charge in [-0.3, -0.25) is 0 Å². The van der Waals surface area contributed by atoms with Crippen molar-refractivity contribution in [1.29, 1.82) is 0 Å². The zero-order valence-corrected chi connectivity index (χ0v) is 21.7. The molecule has 0 aromatic rings. The molecule has 0 amide bonds.